The van der Waals surface area contributed by atoms with Crippen molar-refractivity contribution in [3.63, 3.8) is 0 Å². The van der Waals surface area contributed by atoms with Crippen LogP contribution in [0.5, 0.6) is 0 Å². The summed E-state index contributed by atoms with van der Waals surface area (Å²) in [5.74, 6) is 0.641. The van der Waals surface area contributed by atoms with E-state index in [1.807, 2.05) is 17.5 Å². The van der Waals surface area contributed by atoms with Gasteiger partial charge in [-0.1, -0.05) is 37.8 Å². The zero-order valence-corrected chi connectivity index (χ0v) is 15.6. The van der Waals surface area contributed by atoms with Gasteiger partial charge in [-0.25, -0.2) is 9.78 Å². The third kappa shape index (κ3) is 2.92. The lowest BCUT2D eigenvalue weighted by Crippen LogP contribution is -2.31. The summed E-state index contributed by atoms with van der Waals surface area (Å²) in [6.07, 6.45) is 7.49. The first kappa shape index (κ1) is 17.2. The van der Waals surface area contributed by atoms with E-state index in [0.717, 1.165) is 12.0 Å². The van der Waals surface area contributed by atoms with E-state index in [-0.39, 0.29) is 11.9 Å². The predicted octanol–water partition coefficient (Wildman–Crippen LogP) is 4.02. The summed E-state index contributed by atoms with van der Waals surface area (Å²) in [5, 5.41) is 5.49. The number of carbonyl (C=O) groups excluding carboxylic acids is 2. The molecule has 0 aliphatic heterocycles. The largest absolute Gasteiger partial charge is 0.465 e. The number of esters is 1. The van der Waals surface area contributed by atoms with Crippen LogP contribution in [0, 0.1) is 11.8 Å². The fraction of sp³-hybridized carbons (Fsp3) is 0.450. The van der Waals surface area contributed by atoms with Crippen LogP contribution >= 0.6 is 11.3 Å². The van der Waals surface area contributed by atoms with Crippen molar-refractivity contribution in [3.8, 4) is 0 Å². The number of benzene rings is 1. The highest BCUT2D eigenvalue weighted by molar-refractivity contribution is 7.13. The molecule has 1 amide bonds. The highest BCUT2D eigenvalue weighted by Crippen LogP contribution is 2.61. The van der Waals surface area contributed by atoms with Crippen molar-refractivity contribution in [1.29, 1.82) is 0 Å². The predicted molar refractivity (Wildman–Crippen MR) is 100 cm³/mol. The molecule has 4 rings (SSSR count). The minimum atomic E-state index is -0.505. The number of hydrogen-bond donors (Lipinski definition) is 1. The molecule has 136 valence electrons. The van der Waals surface area contributed by atoms with Crippen molar-refractivity contribution < 1.29 is 14.3 Å². The van der Waals surface area contributed by atoms with Crippen molar-refractivity contribution in [1.82, 2.24) is 4.98 Å². The molecule has 26 heavy (non-hydrogen) atoms. The first-order valence-corrected chi connectivity index (χ1v) is 9.93. The molecule has 0 saturated heterocycles. The number of methoxy groups -OCH3 is 1. The van der Waals surface area contributed by atoms with Crippen LogP contribution in [-0.2, 0) is 14.9 Å². The summed E-state index contributed by atoms with van der Waals surface area (Å²) in [5.41, 5.74) is 0.982. The maximum atomic E-state index is 13.2. The molecule has 0 unspecified atom stereocenters. The molecule has 2 saturated carbocycles. The Balaban J connectivity index is 1.63. The van der Waals surface area contributed by atoms with Gasteiger partial charge in [0, 0.05) is 11.6 Å². The first-order chi connectivity index (χ1) is 12.6. The van der Waals surface area contributed by atoms with Gasteiger partial charge in [0.15, 0.2) is 5.13 Å². The molecule has 2 aliphatic carbocycles. The molecule has 1 aromatic carbocycles. The molecular formula is C20H22N2O3S. The Kier molecular flexibility index (Phi) is 4.53. The summed E-state index contributed by atoms with van der Waals surface area (Å²) in [4.78, 5) is 29.1. The Morgan fingerprint density at radius 3 is 2.58 bits per heavy atom. The number of aromatic nitrogens is 1. The van der Waals surface area contributed by atoms with Crippen LogP contribution in [0.25, 0.3) is 0 Å². The van der Waals surface area contributed by atoms with Crippen LogP contribution in [0.2, 0.25) is 0 Å². The van der Waals surface area contributed by atoms with E-state index in [4.69, 9.17) is 4.74 Å². The maximum absolute atomic E-state index is 13.2. The number of nitrogens with one attached hydrogen (secondary N) is 1. The standard InChI is InChI=1S/C20H22N2O3S/c1-25-17(23)14-6-8-15(9-7-14)20(12-16(20)13-4-2-3-5-13)18(24)22-19-21-10-11-26-19/h6-11,13,16H,2-5,12H2,1H3,(H,21,22,24)/t16-,20-/m0/s1. The lowest BCUT2D eigenvalue weighted by molar-refractivity contribution is -0.119. The summed E-state index contributed by atoms with van der Waals surface area (Å²) in [7, 11) is 1.37. The maximum Gasteiger partial charge on any atom is 0.337 e. The molecular weight excluding hydrogens is 348 g/mol. The van der Waals surface area contributed by atoms with E-state index in [1.54, 1.807) is 18.3 Å². The molecule has 6 heteroatoms. The Morgan fingerprint density at radius 1 is 1.23 bits per heavy atom. The van der Waals surface area contributed by atoms with Crippen molar-refractivity contribution in [2.45, 2.75) is 37.5 Å². The lowest BCUT2D eigenvalue weighted by Gasteiger charge is -2.20. The number of anilines is 1. The van der Waals surface area contributed by atoms with E-state index in [1.165, 1.54) is 44.1 Å². The molecule has 0 spiro atoms. The summed E-state index contributed by atoms with van der Waals surface area (Å²) in [6.45, 7) is 0. The van der Waals surface area contributed by atoms with Crippen molar-refractivity contribution in [3.05, 3.63) is 47.0 Å². The van der Waals surface area contributed by atoms with Gasteiger partial charge in [0.2, 0.25) is 5.91 Å². The molecule has 2 atom stereocenters. The fourth-order valence-corrected chi connectivity index (χ4v) is 4.98. The fourth-order valence-electron chi connectivity index (χ4n) is 4.46. The van der Waals surface area contributed by atoms with Gasteiger partial charge in [-0.15, -0.1) is 11.3 Å². The van der Waals surface area contributed by atoms with Crippen LogP contribution < -0.4 is 5.32 Å². The van der Waals surface area contributed by atoms with Crippen LogP contribution in [0.4, 0.5) is 5.13 Å². The second-order valence-electron chi connectivity index (χ2n) is 7.19. The third-order valence-corrected chi connectivity index (χ3v) is 6.55. The van der Waals surface area contributed by atoms with Crippen molar-refractivity contribution in [2.24, 2.45) is 11.8 Å². The number of amides is 1. The van der Waals surface area contributed by atoms with Gasteiger partial charge in [0.1, 0.15) is 0 Å². The van der Waals surface area contributed by atoms with Crippen LogP contribution in [0.15, 0.2) is 35.8 Å². The van der Waals surface area contributed by atoms with Gasteiger partial charge in [-0.05, 0) is 36.0 Å². The summed E-state index contributed by atoms with van der Waals surface area (Å²) >= 11 is 1.43. The minimum absolute atomic E-state index is 0.0233. The number of rotatable bonds is 5. The van der Waals surface area contributed by atoms with E-state index < -0.39 is 5.41 Å². The van der Waals surface area contributed by atoms with E-state index in [9.17, 15) is 9.59 Å². The van der Waals surface area contributed by atoms with Gasteiger partial charge in [0.05, 0.1) is 18.1 Å². The number of carbonyl (C=O) groups is 2. The zero-order chi connectivity index (χ0) is 18.1. The molecule has 2 fully saturated rings. The molecule has 0 bridgehead atoms. The van der Waals surface area contributed by atoms with Crippen molar-refractivity contribution in [2.75, 3.05) is 12.4 Å². The summed E-state index contributed by atoms with van der Waals surface area (Å²) in [6, 6.07) is 7.32. The topological polar surface area (TPSA) is 68.3 Å². The molecule has 1 heterocycles. The van der Waals surface area contributed by atoms with Crippen LogP contribution in [0.3, 0.4) is 0 Å². The van der Waals surface area contributed by atoms with Gasteiger partial charge < -0.3 is 10.1 Å². The second-order valence-corrected chi connectivity index (χ2v) is 8.08. The number of nitrogens with zero attached hydrogens (tertiary/aromatic N) is 1. The Morgan fingerprint density at radius 2 is 1.96 bits per heavy atom. The number of thiazole rings is 1. The van der Waals surface area contributed by atoms with E-state index >= 15 is 0 Å². The quantitative estimate of drug-likeness (QED) is 0.807. The zero-order valence-electron chi connectivity index (χ0n) is 14.7. The number of ether oxygens (including phenoxy) is 1. The first-order valence-electron chi connectivity index (χ1n) is 9.05. The average molecular weight is 370 g/mol. The van der Waals surface area contributed by atoms with E-state index in [0.29, 0.717) is 22.5 Å². The highest BCUT2D eigenvalue weighted by Gasteiger charge is 2.63. The van der Waals surface area contributed by atoms with E-state index in [2.05, 4.69) is 10.3 Å². The number of hydrogen-bond acceptors (Lipinski definition) is 5. The highest BCUT2D eigenvalue weighted by atomic mass is 32.1. The Bertz CT molecular complexity index is 797. The smallest absolute Gasteiger partial charge is 0.337 e. The lowest BCUT2D eigenvalue weighted by atomic mass is 9.86. The minimum Gasteiger partial charge on any atom is -0.465 e. The Labute approximate surface area is 156 Å². The van der Waals surface area contributed by atoms with Gasteiger partial charge in [-0.3, -0.25) is 4.79 Å². The van der Waals surface area contributed by atoms with Crippen LogP contribution in [-0.4, -0.2) is 24.0 Å². The van der Waals surface area contributed by atoms with Crippen molar-refractivity contribution >= 4 is 28.3 Å². The molecule has 2 aromatic rings. The molecule has 5 nitrogen and oxygen atoms in total. The SMILES string of the molecule is COC(=O)c1ccc([C@@]2(C(=O)Nc3nccs3)C[C@H]2C2CCCC2)cc1. The third-order valence-electron chi connectivity index (χ3n) is 5.86. The summed E-state index contributed by atoms with van der Waals surface area (Å²) < 4.78 is 4.77. The monoisotopic (exact) mass is 370 g/mol. The normalized spacial score (nSPS) is 25.0. The molecule has 2 aliphatic rings. The van der Waals surface area contributed by atoms with Gasteiger partial charge in [0.25, 0.3) is 0 Å². The molecule has 1 N–H and O–H groups in total. The molecule has 1 aromatic heterocycles. The molecule has 0 radical (unpaired) electrons. The van der Waals surface area contributed by atoms with Gasteiger partial charge in [-0.2, -0.15) is 0 Å². The average Bonchev–Trinajstić information content (AvgIpc) is 3.04. The van der Waals surface area contributed by atoms with Gasteiger partial charge >= 0.3 is 5.97 Å². The van der Waals surface area contributed by atoms with Crippen LogP contribution in [0.1, 0.15) is 48.0 Å². The Hall–Kier alpha value is -2.21. The second kappa shape index (κ2) is 6.83.